The third-order valence-corrected chi connectivity index (χ3v) is 2.71. The van der Waals surface area contributed by atoms with E-state index < -0.39 is 0 Å². The maximum atomic E-state index is 12.7. The zero-order valence-electron chi connectivity index (χ0n) is 7.83. The molecule has 0 amide bonds. The number of hydrogen-bond donors (Lipinski definition) is 0. The van der Waals surface area contributed by atoms with Gasteiger partial charge in [0.15, 0.2) is 0 Å². The third kappa shape index (κ3) is 1.67. The second-order valence-corrected chi connectivity index (χ2v) is 3.66. The van der Waals surface area contributed by atoms with Gasteiger partial charge in [-0.15, -0.1) is 0 Å². The fourth-order valence-corrected chi connectivity index (χ4v) is 1.95. The number of benzene rings is 1. The van der Waals surface area contributed by atoms with Crippen molar-refractivity contribution in [2.24, 2.45) is 0 Å². The first kappa shape index (κ1) is 8.54. The molecular formula is C11H14FN. The Bertz CT molecular complexity index is 281. The maximum absolute atomic E-state index is 12.7. The molecule has 1 heterocycles. The molecule has 0 aromatic heterocycles. The molecule has 1 fully saturated rings. The van der Waals surface area contributed by atoms with E-state index in [0.29, 0.717) is 6.04 Å². The van der Waals surface area contributed by atoms with Crippen LogP contribution in [0.1, 0.15) is 19.8 Å². The molecule has 0 N–H and O–H groups in total. The second-order valence-electron chi connectivity index (χ2n) is 3.66. The molecule has 70 valence electrons. The highest BCUT2D eigenvalue weighted by atomic mass is 19.1. The van der Waals surface area contributed by atoms with Gasteiger partial charge in [-0.1, -0.05) is 0 Å². The largest absolute Gasteiger partial charge is 0.369 e. The summed E-state index contributed by atoms with van der Waals surface area (Å²) >= 11 is 0. The van der Waals surface area contributed by atoms with Crippen molar-refractivity contribution in [1.29, 1.82) is 0 Å². The van der Waals surface area contributed by atoms with Crippen LogP contribution in [0.4, 0.5) is 10.1 Å². The van der Waals surface area contributed by atoms with Gasteiger partial charge in [0.25, 0.3) is 0 Å². The second kappa shape index (κ2) is 3.36. The average Bonchev–Trinajstić information content (AvgIpc) is 2.53. The molecule has 1 nitrogen and oxygen atoms in total. The van der Waals surface area contributed by atoms with Crippen LogP contribution in [0.5, 0.6) is 0 Å². The minimum Gasteiger partial charge on any atom is -0.369 e. The summed E-state index contributed by atoms with van der Waals surface area (Å²) in [5.74, 6) is -0.157. The molecular weight excluding hydrogens is 165 g/mol. The summed E-state index contributed by atoms with van der Waals surface area (Å²) in [5.41, 5.74) is 1.14. The van der Waals surface area contributed by atoms with Crippen LogP contribution in [0, 0.1) is 5.82 Å². The van der Waals surface area contributed by atoms with Crippen molar-refractivity contribution in [1.82, 2.24) is 0 Å². The van der Waals surface area contributed by atoms with Crippen LogP contribution in [-0.2, 0) is 0 Å². The Morgan fingerprint density at radius 3 is 2.54 bits per heavy atom. The fourth-order valence-electron chi connectivity index (χ4n) is 1.95. The lowest BCUT2D eigenvalue weighted by Crippen LogP contribution is -2.25. The molecule has 1 aliphatic heterocycles. The number of hydrogen-bond acceptors (Lipinski definition) is 1. The first-order chi connectivity index (χ1) is 6.27. The highest BCUT2D eigenvalue weighted by Gasteiger charge is 2.19. The van der Waals surface area contributed by atoms with Crippen LogP contribution in [0.15, 0.2) is 24.3 Å². The van der Waals surface area contributed by atoms with Gasteiger partial charge in [-0.2, -0.15) is 0 Å². The van der Waals surface area contributed by atoms with E-state index in [2.05, 4.69) is 11.8 Å². The standard InChI is InChI=1S/C11H14FN/c1-9-3-2-8-13(9)11-6-4-10(12)5-7-11/h4-7,9H,2-3,8H2,1H3/t9-/m0/s1. The van der Waals surface area contributed by atoms with Crippen molar-refractivity contribution in [3.63, 3.8) is 0 Å². The molecule has 1 saturated heterocycles. The summed E-state index contributed by atoms with van der Waals surface area (Å²) in [7, 11) is 0. The molecule has 1 atom stereocenters. The number of nitrogens with zero attached hydrogens (tertiary/aromatic N) is 1. The maximum Gasteiger partial charge on any atom is 0.123 e. The van der Waals surface area contributed by atoms with Crippen molar-refractivity contribution in [2.45, 2.75) is 25.8 Å². The van der Waals surface area contributed by atoms with Crippen LogP contribution in [-0.4, -0.2) is 12.6 Å². The Labute approximate surface area is 78.2 Å². The minimum atomic E-state index is -0.157. The van der Waals surface area contributed by atoms with E-state index in [1.807, 2.05) is 12.1 Å². The van der Waals surface area contributed by atoms with Gasteiger partial charge >= 0.3 is 0 Å². The molecule has 0 radical (unpaired) electrons. The van der Waals surface area contributed by atoms with E-state index in [9.17, 15) is 4.39 Å². The number of halogens is 1. The van der Waals surface area contributed by atoms with Crippen LogP contribution in [0.2, 0.25) is 0 Å². The van der Waals surface area contributed by atoms with Gasteiger partial charge in [-0.3, -0.25) is 0 Å². The lowest BCUT2D eigenvalue weighted by molar-refractivity contribution is 0.627. The Hall–Kier alpha value is -1.05. The van der Waals surface area contributed by atoms with Gasteiger partial charge < -0.3 is 4.90 Å². The number of rotatable bonds is 1. The number of anilines is 1. The van der Waals surface area contributed by atoms with Crippen molar-refractivity contribution < 1.29 is 4.39 Å². The molecule has 1 aromatic rings. The molecule has 0 unspecified atom stereocenters. The SMILES string of the molecule is C[C@H]1CCCN1c1ccc(F)cc1. The summed E-state index contributed by atoms with van der Waals surface area (Å²) in [4.78, 5) is 2.33. The zero-order chi connectivity index (χ0) is 9.26. The normalized spacial score (nSPS) is 22.3. The smallest absolute Gasteiger partial charge is 0.123 e. The summed E-state index contributed by atoms with van der Waals surface area (Å²) < 4.78 is 12.7. The van der Waals surface area contributed by atoms with Gasteiger partial charge in [-0.25, -0.2) is 4.39 Å². The van der Waals surface area contributed by atoms with Gasteiger partial charge in [0.2, 0.25) is 0 Å². The van der Waals surface area contributed by atoms with Crippen LogP contribution < -0.4 is 4.90 Å². The Morgan fingerprint density at radius 2 is 2.00 bits per heavy atom. The average molecular weight is 179 g/mol. The highest BCUT2D eigenvalue weighted by Crippen LogP contribution is 2.24. The van der Waals surface area contributed by atoms with E-state index in [1.54, 1.807) is 0 Å². The van der Waals surface area contributed by atoms with E-state index in [1.165, 1.54) is 25.0 Å². The summed E-state index contributed by atoms with van der Waals surface area (Å²) in [6.45, 7) is 3.32. The Balaban J connectivity index is 2.20. The van der Waals surface area contributed by atoms with Crippen LogP contribution >= 0.6 is 0 Å². The first-order valence-electron chi connectivity index (χ1n) is 4.79. The quantitative estimate of drug-likeness (QED) is 0.640. The van der Waals surface area contributed by atoms with Gasteiger partial charge in [0.05, 0.1) is 0 Å². The van der Waals surface area contributed by atoms with E-state index in [0.717, 1.165) is 12.2 Å². The summed E-state index contributed by atoms with van der Waals surface area (Å²) in [6, 6.07) is 7.38. The minimum absolute atomic E-state index is 0.157. The predicted octanol–water partition coefficient (Wildman–Crippen LogP) is 2.81. The van der Waals surface area contributed by atoms with Gasteiger partial charge in [-0.05, 0) is 44.0 Å². The highest BCUT2D eigenvalue weighted by molar-refractivity contribution is 5.47. The molecule has 1 aromatic carbocycles. The molecule has 2 heteroatoms. The molecule has 0 saturated carbocycles. The Morgan fingerprint density at radius 1 is 1.31 bits per heavy atom. The van der Waals surface area contributed by atoms with E-state index in [-0.39, 0.29) is 5.82 Å². The van der Waals surface area contributed by atoms with E-state index in [4.69, 9.17) is 0 Å². The fraction of sp³-hybridized carbons (Fsp3) is 0.455. The molecule has 1 aliphatic rings. The van der Waals surface area contributed by atoms with Crippen LogP contribution in [0.25, 0.3) is 0 Å². The molecule has 0 spiro atoms. The Kier molecular flexibility index (Phi) is 2.21. The van der Waals surface area contributed by atoms with E-state index >= 15 is 0 Å². The van der Waals surface area contributed by atoms with Crippen molar-refractivity contribution in [2.75, 3.05) is 11.4 Å². The topological polar surface area (TPSA) is 3.24 Å². The lowest BCUT2D eigenvalue weighted by atomic mass is 10.2. The van der Waals surface area contributed by atoms with Gasteiger partial charge in [0, 0.05) is 18.3 Å². The molecule has 0 aliphatic carbocycles. The monoisotopic (exact) mass is 179 g/mol. The van der Waals surface area contributed by atoms with Crippen molar-refractivity contribution in [3.8, 4) is 0 Å². The summed E-state index contributed by atoms with van der Waals surface area (Å²) in [6.07, 6.45) is 2.50. The van der Waals surface area contributed by atoms with Crippen LogP contribution in [0.3, 0.4) is 0 Å². The first-order valence-corrected chi connectivity index (χ1v) is 4.79. The molecule has 13 heavy (non-hydrogen) atoms. The van der Waals surface area contributed by atoms with Crippen molar-refractivity contribution in [3.05, 3.63) is 30.1 Å². The summed E-state index contributed by atoms with van der Waals surface area (Å²) in [5, 5.41) is 0. The predicted molar refractivity (Wildman–Crippen MR) is 52.4 cm³/mol. The zero-order valence-corrected chi connectivity index (χ0v) is 7.83. The van der Waals surface area contributed by atoms with Gasteiger partial charge in [0.1, 0.15) is 5.82 Å². The lowest BCUT2D eigenvalue weighted by Gasteiger charge is -2.23. The van der Waals surface area contributed by atoms with Crippen molar-refractivity contribution >= 4 is 5.69 Å². The third-order valence-electron chi connectivity index (χ3n) is 2.71. The molecule has 0 bridgehead atoms. The molecule has 2 rings (SSSR count).